The molecule has 4 N–H and O–H groups in total. The Bertz CT molecular complexity index is 438. The van der Waals surface area contributed by atoms with Gasteiger partial charge in [-0.25, -0.2) is 9.69 Å². The number of imide groups is 1. The lowest BCUT2D eigenvalue weighted by Crippen LogP contribution is -2.50. The molecule has 22 heavy (non-hydrogen) atoms. The molecule has 7 nitrogen and oxygen atoms in total. The van der Waals surface area contributed by atoms with Gasteiger partial charge in [0.2, 0.25) is 5.91 Å². The molecule has 2 aliphatic rings. The molecule has 0 aromatic carbocycles. The van der Waals surface area contributed by atoms with Gasteiger partial charge in [0.1, 0.15) is 11.6 Å². The minimum atomic E-state index is -0.782. The number of carbonyl (C=O) groups is 3. The molecule has 1 saturated carbocycles. The normalized spacial score (nSPS) is 20.7. The van der Waals surface area contributed by atoms with Gasteiger partial charge in [-0.3, -0.25) is 9.59 Å². The van der Waals surface area contributed by atoms with Crippen molar-refractivity contribution in [2.24, 2.45) is 5.73 Å². The fraction of sp³-hybridized carbons (Fsp3) is 0.786. The molecule has 1 spiro atoms. The summed E-state index contributed by atoms with van der Waals surface area (Å²) in [4.78, 5) is 37.7. The van der Waals surface area contributed by atoms with Gasteiger partial charge in [-0.1, -0.05) is 12.8 Å². The van der Waals surface area contributed by atoms with Crippen molar-refractivity contribution in [1.29, 1.82) is 0 Å². The van der Waals surface area contributed by atoms with Gasteiger partial charge < -0.3 is 16.4 Å². The van der Waals surface area contributed by atoms with Crippen molar-refractivity contribution in [3.8, 4) is 0 Å². The van der Waals surface area contributed by atoms with Crippen LogP contribution >= 0.6 is 12.4 Å². The Hall–Kier alpha value is -1.34. The largest absolute Gasteiger partial charge is 0.354 e. The highest BCUT2D eigenvalue weighted by Gasteiger charge is 2.54. The van der Waals surface area contributed by atoms with Crippen molar-refractivity contribution in [3.05, 3.63) is 0 Å². The molecule has 1 saturated heterocycles. The van der Waals surface area contributed by atoms with Crippen LogP contribution in [-0.2, 0) is 9.59 Å². The quantitative estimate of drug-likeness (QED) is 0.487. The van der Waals surface area contributed by atoms with Gasteiger partial charge in [0.25, 0.3) is 5.91 Å². The summed E-state index contributed by atoms with van der Waals surface area (Å²) in [6, 6.07) is -1.23. The summed E-state index contributed by atoms with van der Waals surface area (Å²) in [5.41, 5.74) is 4.63. The van der Waals surface area contributed by atoms with Crippen LogP contribution in [-0.4, -0.2) is 47.4 Å². The molecular formula is C14H25ClN4O3. The Morgan fingerprint density at radius 3 is 2.59 bits per heavy atom. The molecule has 4 amide bonds. The maximum absolute atomic E-state index is 12.5. The topological polar surface area (TPSA) is 105 Å². The summed E-state index contributed by atoms with van der Waals surface area (Å²) in [5, 5.41) is 5.53. The van der Waals surface area contributed by atoms with Gasteiger partial charge >= 0.3 is 6.03 Å². The molecule has 0 bridgehead atoms. The molecule has 1 aliphatic carbocycles. The van der Waals surface area contributed by atoms with Crippen LogP contribution < -0.4 is 16.4 Å². The van der Waals surface area contributed by atoms with Crippen molar-refractivity contribution in [1.82, 2.24) is 15.5 Å². The molecule has 2 fully saturated rings. The lowest BCUT2D eigenvalue weighted by atomic mass is 9.97. The van der Waals surface area contributed by atoms with E-state index >= 15 is 0 Å². The predicted molar refractivity (Wildman–Crippen MR) is 84.6 cm³/mol. The van der Waals surface area contributed by atoms with Crippen LogP contribution in [0.1, 0.15) is 45.4 Å². The second-order valence-electron chi connectivity index (χ2n) is 5.86. The molecule has 8 heteroatoms. The van der Waals surface area contributed by atoms with Gasteiger partial charge in [-0.05, 0) is 39.2 Å². The zero-order valence-electron chi connectivity index (χ0n) is 12.9. The van der Waals surface area contributed by atoms with Crippen molar-refractivity contribution < 1.29 is 14.4 Å². The fourth-order valence-electron chi connectivity index (χ4n) is 3.06. The summed E-state index contributed by atoms with van der Waals surface area (Å²) in [5.74, 6) is -0.555. The number of hydrogen-bond donors (Lipinski definition) is 3. The Balaban J connectivity index is 0.00000242. The van der Waals surface area contributed by atoms with Crippen molar-refractivity contribution in [2.45, 2.75) is 57.0 Å². The first kappa shape index (κ1) is 18.7. The second-order valence-corrected chi connectivity index (χ2v) is 5.86. The number of urea groups is 1. The van der Waals surface area contributed by atoms with Crippen molar-refractivity contribution >= 4 is 30.3 Å². The van der Waals surface area contributed by atoms with E-state index in [1.54, 1.807) is 6.92 Å². The molecule has 1 aliphatic heterocycles. The van der Waals surface area contributed by atoms with E-state index in [-0.39, 0.29) is 24.2 Å². The molecule has 1 unspecified atom stereocenters. The first-order valence-corrected chi connectivity index (χ1v) is 7.65. The third-order valence-electron chi connectivity index (χ3n) is 4.35. The number of nitrogens with one attached hydrogen (secondary N) is 2. The zero-order chi connectivity index (χ0) is 15.5. The van der Waals surface area contributed by atoms with Gasteiger partial charge in [-0.15, -0.1) is 12.4 Å². The van der Waals surface area contributed by atoms with Gasteiger partial charge in [0, 0.05) is 6.54 Å². The van der Waals surface area contributed by atoms with Gasteiger partial charge in [0.05, 0.1) is 0 Å². The van der Waals surface area contributed by atoms with Crippen LogP contribution in [0.15, 0.2) is 0 Å². The number of amides is 4. The van der Waals surface area contributed by atoms with Crippen molar-refractivity contribution in [2.75, 3.05) is 13.1 Å². The summed E-state index contributed by atoms with van der Waals surface area (Å²) in [7, 11) is 0. The molecule has 0 aromatic heterocycles. The van der Waals surface area contributed by atoms with Crippen LogP contribution in [0.4, 0.5) is 4.79 Å². The maximum Gasteiger partial charge on any atom is 0.325 e. The minimum absolute atomic E-state index is 0. The van der Waals surface area contributed by atoms with Crippen LogP contribution in [0.5, 0.6) is 0 Å². The smallest absolute Gasteiger partial charge is 0.325 e. The van der Waals surface area contributed by atoms with E-state index in [4.69, 9.17) is 5.73 Å². The van der Waals surface area contributed by atoms with E-state index in [1.807, 2.05) is 0 Å². The summed E-state index contributed by atoms with van der Waals surface area (Å²) >= 11 is 0. The summed E-state index contributed by atoms with van der Waals surface area (Å²) in [6.07, 6.45) is 4.82. The first-order valence-electron chi connectivity index (χ1n) is 7.65. The zero-order valence-corrected chi connectivity index (χ0v) is 13.7. The Morgan fingerprint density at radius 1 is 1.36 bits per heavy atom. The lowest BCUT2D eigenvalue weighted by molar-refractivity contribution is -0.137. The Kier molecular flexibility index (Phi) is 6.62. The highest BCUT2D eigenvalue weighted by Crippen LogP contribution is 2.35. The van der Waals surface area contributed by atoms with Crippen LogP contribution in [0.2, 0.25) is 0 Å². The monoisotopic (exact) mass is 332 g/mol. The number of nitrogens with zero attached hydrogens (tertiary/aromatic N) is 1. The van der Waals surface area contributed by atoms with Gasteiger partial charge in [-0.2, -0.15) is 0 Å². The molecule has 2 rings (SSSR count). The summed E-state index contributed by atoms with van der Waals surface area (Å²) in [6.45, 7) is 2.68. The third-order valence-corrected chi connectivity index (χ3v) is 4.35. The number of nitrogens with two attached hydrogens (primary N) is 1. The van der Waals surface area contributed by atoms with Crippen LogP contribution in [0.3, 0.4) is 0 Å². The lowest BCUT2D eigenvalue weighted by Gasteiger charge is -2.23. The molecule has 126 valence electrons. The first-order chi connectivity index (χ1) is 10.0. The van der Waals surface area contributed by atoms with E-state index in [0.29, 0.717) is 25.9 Å². The average molecular weight is 333 g/mol. The number of hydrogen-bond acceptors (Lipinski definition) is 4. The molecule has 1 heterocycles. The molecular weight excluding hydrogens is 308 g/mol. The Labute approximate surface area is 136 Å². The highest BCUT2D eigenvalue weighted by molar-refractivity contribution is 6.09. The van der Waals surface area contributed by atoms with E-state index in [1.165, 1.54) is 0 Å². The summed E-state index contributed by atoms with van der Waals surface area (Å²) < 4.78 is 0. The number of halogens is 1. The Morgan fingerprint density at radius 2 is 2.00 bits per heavy atom. The average Bonchev–Trinajstić information content (AvgIpc) is 3.01. The van der Waals surface area contributed by atoms with Crippen LogP contribution in [0.25, 0.3) is 0 Å². The van der Waals surface area contributed by atoms with E-state index in [9.17, 15) is 14.4 Å². The predicted octanol–water partition coefficient (Wildman–Crippen LogP) is 0.516. The van der Waals surface area contributed by atoms with E-state index in [0.717, 1.165) is 30.6 Å². The third kappa shape index (κ3) is 3.52. The van der Waals surface area contributed by atoms with E-state index in [2.05, 4.69) is 10.6 Å². The SMILES string of the molecule is CC(C(=O)NCCCCN)N1C(=O)NC2(CCCC2)C1=O.Cl. The number of unbranched alkanes of at least 4 members (excludes halogenated alkanes) is 1. The van der Waals surface area contributed by atoms with E-state index < -0.39 is 17.6 Å². The molecule has 0 radical (unpaired) electrons. The fourth-order valence-corrected chi connectivity index (χ4v) is 3.06. The number of rotatable bonds is 6. The van der Waals surface area contributed by atoms with Gasteiger partial charge in [0.15, 0.2) is 0 Å². The molecule has 1 atom stereocenters. The highest BCUT2D eigenvalue weighted by atomic mass is 35.5. The minimum Gasteiger partial charge on any atom is -0.354 e. The number of carbonyl (C=O) groups excluding carboxylic acids is 3. The second kappa shape index (κ2) is 7.78. The molecule has 0 aromatic rings. The maximum atomic E-state index is 12.5. The standard InChI is InChI=1S/C14H24N4O3.ClH/c1-10(11(19)16-9-5-4-8-15)18-12(20)14(17-13(18)21)6-2-3-7-14;/h10H,2-9,15H2,1H3,(H,16,19)(H,17,21);1H. The van der Waals surface area contributed by atoms with Crippen LogP contribution in [0, 0.1) is 0 Å². The van der Waals surface area contributed by atoms with Crippen molar-refractivity contribution in [3.63, 3.8) is 0 Å².